The van der Waals surface area contributed by atoms with Crippen molar-refractivity contribution in [3.63, 3.8) is 0 Å². The Labute approximate surface area is 162 Å². The monoisotopic (exact) mass is 389 g/mol. The molecule has 144 valence electrons. The predicted octanol–water partition coefficient (Wildman–Crippen LogP) is 4.13. The van der Waals surface area contributed by atoms with Gasteiger partial charge in [0.05, 0.1) is 12.7 Å². The highest BCUT2D eigenvalue weighted by molar-refractivity contribution is 7.16. The molecule has 0 radical (unpaired) electrons. The Morgan fingerprint density at radius 3 is 2.37 bits per heavy atom. The number of rotatable bonds is 10. The van der Waals surface area contributed by atoms with Crippen LogP contribution in [0.4, 0.5) is 5.00 Å². The third kappa shape index (κ3) is 5.92. The van der Waals surface area contributed by atoms with Crippen molar-refractivity contribution < 1.29 is 24.2 Å². The number of carbonyl (C=O) groups is 3. The molecule has 1 heterocycles. The zero-order chi connectivity index (χ0) is 19.8. The number of ketones is 1. The summed E-state index contributed by atoms with van der Waals surface area (Å²) in [6.07, 6.45) is 1.98. The molecule has 2 aromatic rings. The number of aryl methyl sites for hydroxylation is 1. The van der Waals surface area contributed by atoms with E-state index in [2.05, 4.69) is 5.32 Å². The van der Waals surface area contributed by atoms with E-state index in [9.17, 15) is 14.4 Å². The fraction of sp³-hybridized carbons (Fsp3) is 0.350. The number of amides is 1. The van der Waals surface area contributed by atoms with E-state index in [-0.39, 0.29) is 24.5 Å². The van der Waals surface area contributed by atoms with Gasteiger partial charge in [-0.1, -0.05) is 6.92 Å². The van der Waals surface area contributed by atoms with Gasteiger partial charge in [-0.2, -0.15) is 0 Å². The van der Waals surface area contributed by atoms with E-state index in [1.165, 1.54) is 11.3 Å². The Morgan fingerprint density at radius 1 is 1.11 bits per heavy atom. The van der Waals surface area contributed by atoms with E-state index >= 15 is 0 Å². The summed E-state index contributed by atoms with van der Waals surface area (Å²) in [4.78, 5) is 36.6. The van der Waals surface area contributed by atoms with Gasteiger partial charge >= 0.3 is 5.97 Å². The number of benzene rings is 1. The fourth-order valence-corrected chi connectivity index (χ4v) is 3.54. The molecule has 0 aliphatic rings. The van der Waals surface area contributed by atoms with Gasteiger partial charge in [0.15, 0.2) is 5.78 Å². The van der Waals surface area contributed by atoms with Crippen LogP contribution >= 0.6 is 11.3 Å². The summed E-state index contributed by atoms with van der Waals surface area (Å²) in [5.74, 6) is -0.571. The van der Waals surface area contributed by atoms with Crippen molar-refractivity contribution in [1.82, 2.24) is 0 Å². The van der Waals surface area contributed by atoms with Crippen LogP contribution < -0.4 is 10.1 Å². The maximum absolute atomic E-state index is 12.9. The van der Waals surface area contributed by atoms with Crippen LogP contribution in [0.25, 0.3) is 0 Å². The molecule has 27 heavy (non-hydrogen) atoms. The van der Waals surface area contributed by atoms with Crippen molar-refractivity contribution in [3.05, 3.63) is 46.3 Å². The molecule has 1 aromatic heterocycles. The number of aliphatic carboxylic acids is 1. The number of carbonyl (C=O) groups excluding carboxylic acids is 2. The fourth-order valence-electron chi connectivity index (χ4n) is 2.53. The minimum Gasteiger partial charge on any atom is -0.497 e. The van der Waals surface area contributed by atoms with Gasteiger partial charge < -0.3 is 15.2 Å². The minimum atomic E-state index is -0.867. The number of carboxylic acid groups (broad SMARTS) is 1. The standard InChI is InChI=1S/C20H23NO5S/c1-3-15-12-16(19(25)13-8-10-14(26-2)11-9-13)20(27-15)21-17(22)6-4-5-7-18(23)24/h8-12H,3-7H2,1-2H3,(H,21,22)(H,23,24). The second-order valence-electron chi connectivity index (χ2n) is 6.02. The average Bonchev–Trinajstić information content (AvgIpc) is 3.07. The Hall–Kier alpha value is -2.67. The van der Waals surface area contributed by atoms with E-state index in [1.807, 2.05) is 13.0 Å². The van der Waals surface area contributed by atoms with Crippen LogP contribution in [0.5, 0.6) is 5.75 Å². The number of anilines is 1. The summed E-state index contributed by atoms with van der Waals surface area (Å²) in [6, 6.07) is 8.66. The molecule has 0 fully saturated rings. The number of nitrogens with one attached hydrogen (secondary N) is 1. The molecule has 1 amide bonds. The highest BCUT2D eigenvalue weighted by Crippen LogP contribution is 2.31. The summed E-state index contributed by atoms with van der Waals surface area (Å²) in [5.41, 5.74) is 0.995. The minimum absolute atomic E-state index is 0.0491. The smallest absolute Gasteiger partial charge is 0.303 e. The highest BCUT2D eigenvalue weighted by Gasteiger charge is 2.19. The van der Waals surface area contributed by atoms with E-state index < -0.39 is 5.97 Å². The highest BCUT2D eigenvalue weighted by atomic mass is 32.1. The molecule has 0 bridgehead atoms. The van der Waals surface area contributed by atoms with Gasteiger partial charge in [0.25, 0.3) is 0 Å². The van der Waals surface area contributed by atoms with Crippen LogP contribution in [0.15, 0.2) is 30.3 Å². The van der Waals surface area contributed by atoms with Crippen molar-refractivity contribution in [2.24, 2.45) is 0 Å². The molecule has 0 aliphatic carbocycles. The Bertz CT molecular complexity index is 810. The number of ether oxygens (including phenoxy) is 1. The van der Waals surface area contributed by atoms with Crippen molar-refractivity contribution in [2.75, 3.05) is 12.4 Å². The van der Waals surface area contributed by atoms with Gasteiger partial charge in [-0.25, -0.2) is 0 Å². The van der Waals surface area contributed by atoms with Crippen LogP contribution in [-0.2, 0) is 16.0 Å². The van der Waals surface area contributed by atoms with E-state index in [1.54, 1.807) is 31.4 Å². The summed E-state index contributed by atoms with van der Waals surface area (Å²) >= 11 is 1.39. The van der Waals surface area contributed by atoms with Crippen molar-refractivity contribution >= 4 is 34.0 Å². The van der Waals surface area contributed by atoms with Crippen LogP contribution in [0, 0.1) is 0 Å². The average molecular weight is 389 g/mol. The number of unbranched alkanes of at least 4 members (excludes halogenated alkanes) is 1. The van der Waals surface area contributed by atoms with Gasteiger partial charge in [-0.15, -0.1) is 11.3 Å². The number of methoxy groups -OCH3 is 1. The summed E-state index contributed by atoms with van der Waals surface area (Å²) in [5, 5.41) is 12.0. The predicted molar refractivity (Wildman–Crippen MR) is 105 cm³/mol. The first-order chi connectivity index (χ1) is 12.9. The van der Waals surface area contributed by atoms with Crippen molar-refractivity contribution in [3.8, 4) is 5.75 Å². The van der Waals surface area contributed by atoms with Gasteiger partial charge in [-0.05, 0) is 49.6 Å². The maximum atomic E-state index is 12.9. The molecule has 1 aromatic carbocycles. The molecule has 2 N–H and O–H groups in total. The van der Waals surface area contributed by atoms with Gasteiger partial charge in [0, 0.05) is 23.3 Å². The van der Waals surface area contributed by atoms with Gasteiger partial charge in [0.2, 0.25) is 5.91 Å². The Morgan fingerprint density at radius 2 is 1.78 bits per heavy atom. The molecule has 6 nitrogen and oxygen atoms in total. The second kappa shape index (κ2) is 9.87. The lowest BCUT2D eigenvalue weighted by Gasteiger charge is -2.06. The molecule has 0 aliphatic heterocycles. The summed E-state index contributed by atoms with van der Waals surface area (Å²) in [7, 11) is 1.56. The first-order valence-electron chi connectivity index (χ1n) is 8.77. The van der Waals surface area contributed by atoms with Crippen LogP contribution in [0.3, 0.4) is 0 Å². The lowest BCUT2D eigenvalue weighted by molar-refractivity contribution is -0.137. The lowest BCUT2D eigenvalue weighted by atomic mass is 10.0. The zero-order valence-electron chi connectivity index (χ0n) is 15.4. The molecule has 0 saturated carbocycles. The molecule has 0 atom stereocenters. The largest absolute Gasteiger partial charge is 0.497 e. The molecular weight excluding hydrogens is 366 g/mol. The number of hydrogen-bond acceptors (Lipinski definition) is 5. The third-order valence-electron chi connectivity index (χ3n) is 4.03. The SMILES string of the molecule is CCc1cc(C(=O)c2ccc(OC)cc2)c(NC(=O)CCCCC(=O)O)s1. The van der Waals surface area contributed by atoms with Crippen molar-refractivity contribution in [1.29, 1.82) is 0 Å². The van der Waals surface area contributed by atoms with Gasteiger partial charge in [-0.3, -0.25) is 14.4 Å². The molecule has 0 saturated heterocycles. The van der Waals surface area contributed by atoms with Crippen molar-refractivity contribution in [2.45, 2.75) is 39.0 Å². The molecule has 0 spiro atoms. The Balaban J connectivity index is 2.10. The topological polar surface area (TPSA) is 92.7 Å². The molecular formula is C20H23NO5S. The molecule has 7 heteroatoms. The van der Waals surface area contributed by atoms with E-state index in [4.69, 9.17) is 9.84 Å². The molecule has 0 unspecified atom stereocenters. The van der Waals surface area contributed by atoms with Crippen LogP contribution in [0.2, 0.25) is 0 Å². The maximum Gasteiger partial charge on any atom is 0.303 e. The molecule has 2 rings (SSSR count). The summed E-state index contributed by atoms with van der Waals surface area (Å²) < 4.78 is 5.11. The number of carboxylic acids is 1. The number of hydrogen-bond donors (Lipinski definition) is 2. The van der Waals surface area contributed by atoms with Crippen LogP contribution in [0.1, 0.15) is 53.4 Å². The summed E-state index contributed by atoms with van der Waals surface area (Å²) in [6.45, 7) is 1.99. The van der Waals surface area contributed by atoms with E-state index in [0.717, 1.165) is 11.3 Å². The lowest BCUT2D eigenvalue weighted by Crippen LogP contribution is -2.13. The normalized spacial score (nSPS) is 10.4. The first kappa shape index (κ1) is 20.6. The van der Waals surface area contributed by atoms with Crippen LogP contribution in [-0.4, -0.2) is 29.9 Å². The second-order valence-corrected chi connectivity index (χ2v) is 7.15. The quantitative estimate of drug-likeness (QED) is 0.471. The van der Waals surface area contributed by atoms with Gasteiger partial charge in [0.1, 0.15) is 10.8 Å². The Kier molecular flexibility index (Phi) is 7.55. The number of thiophene rings is 1. The zero-order valence-corrected chi connectivity index (χ0v) is 16.2. The third-order valence-corrected chi connectivity index (χ3v) is 5.22. The van der Waals surface area contributed by atoms with E-state index in [0.29, 0.717) is 34.7 Å². The first-order valence-corrected chi connectivity index (χ1v) is 9.59.